The molecule has 0 radical (unpaired) electrons. The molecule has 1 aromatic rings. The normalized spacial score (nSPS) is 10.6. The number of hydrogen-bond donors (Lipinski definition) is 1. The molecule has 0 bridgehead atoms. The molecule has 74 valence electrons. The van der Waals surface area contributed by atoms with E-state index >= 15 is 0 Å². The zero-order valence-corrected chi connectivity index (χ0v) is 8.62. The average molecular weight is 209 g/mol. The van der Waals surface area contributed by atoms with Crippen LogP contribution in [0.4, 0.5) is 5.82 Å². The van der Waals surface area contributed by atoms with Crippen molar-refractivity contribution in [1.29, 1.82) is 0 Å². The first-order chi connectivity index (χ1) is 6.68. The maximum Gasteiger partial charge on any atom is 0.186 e. The van der Waals surface area contributed by atoms with Gasteiger partial charge in [0.2, 0.25) is 0 Å². The number of nitrogen functional groups attached to an aromatic ring is 1. The van der Waals surface area contributed by atoms with Crippen molar-refractivity contribution in [3.05, 3.63) is 23.9 Å². The van der Waals surface area contributed by atoms with Crippen LogP contribution in [0.15, 0.2) is 18.2 Å². The first-order valence-electron chi connectivity index (χ1n) is 4.07. The number of carbonyl (C=O) groups is 1. The molecule has 0 aliphatic heterocycles. The molecule has 0 amide bonds. The summed E-state index contributed by atoms with van der Waals surface area (Å²) in [6.07, 6.45) is 3.68. The van der Waals surface area contributed by atoms with E-state index in [4.69, 9.17) is 5.73 Å². The topological polar surface area (TPSA) is 68.9 Å². The Hall–Kier alpha value is -1.36. The Kier molecular flexibility index (Phi) is 4.12. The Labute approximate surface area is 86.6 Å². The van der Waals surface area contributed by atoms with Crippen LogP contribution >= 0.6 is 11.8 Å². The number of thioether (sulfide) groups is 1. The van der Waals surface area contributed by atoms with E-state index in [1.807, 2.05) is 12.2 Å². The number of hydrogen-bond acceptors (Lipinski definition) is 5. The molecule has 0 unspecified atom stereocenters. The van der Waals surface area contributed by atoms with Crippen molar-refractivity contribution >= 4 is 28.8 Å². The molecule has 4 nitrogen and oxygen atoms in total. The second-order valence-corrected chi connectivity index (χ2v) is 3.78. The van der Waals surface area contributed by atoms with Gasteiger partial charge in [0, 0.05) is 12.7 Å². The lowest BCUT2D eigenvalue weighted by Gasteiger charge is -1.92. The minimum absolute atomic E-state index is 0.109. The molecule has 1 heterocycles. The van der Waals surface area contributed by atoms with Crippen LogP contribution in [0.3, 0.4) is 0 Å². The van der Waals surface area contributed by atoms with E-state index < -0.39 is 0 Å². The van der Waals surface area contributed by atoms with Crippen LogP contribution in [0, 0.1) is 0 Å². The molecule has 1 rings (SSSR count). The Morgan fingerprint density at radius 3 is 2.93 bits per heavy atom. The smallest absolute Gasteiger partial charge is 0.186 e. The van der Waals surface area contributed by atoms with Gasteiger partial charge in [-0.05, 0) is 18.2 Å². The highest BCUT2D eigenvalue weighted by Crippen LogP contribution is 2.04. The SMILES string of the molecule is CC(=O)SCC=Cc1ccc(N)nn1. The van der Waals surface area contributed by atoms with E-state index in [1.54, 1.807) is 19.1 Å². The van der Waals surface area contributed by atoms with E-state index in [0.29, 0.717) is 11.6 Å². The Morgan fingerprint density at radius 1 is 1.57 bits per heavy atom. The van der Waals surface area contributed by atoms with E-state index in [9.17, 15) is 4.79 Å². The highest BCUT2D eigenvalue weighted by molar-refractivity contribution is 8.13. The summed E-state index contributed by atoms with van der Waals surface area (Å²) in [7, 11) is 0. The van der Waals surface area contributed by atoms with Gasteiger partial charge in [0.1, 0.15) is 5.82 Å². The lowest BCUT2D eigenvalue weighted by molar-refractivity contribution is -0.109. The van der Waals surface area contributed by atoms with Crippen molar-refractivity contribution in [1.82, 2.24) is 10.2 Å². The van der Waals surface area contributed by atoms with Gasteiger partial charge >= 0.3 is 0 Å². The van der Waals surface area contributed by atoms with Gasteiger partial charge in [-0.3, -0.25) is 4.79 Å². The molecule has 0 aliphatic rings. The van der Waals surface area contributed by atoms with Gasteiger partial charge in [0.15, 0.2) is 5.12 Å². The van der Waals surface area contributed by atoms with Gasteiger partial charge in [-0.2, -0.15) is 0 Å². The molecule has 0 fully saturated rings. The van der Waals surface area contributed by atoms with Crippen molar-refractivity contribution in [2.75, 3.05) is 11.5 Å². The summed E-state index contributed by atoms with van der Waals surface area (Å²) < 4.78 is 0. The predicted octanol–water partition coefficient (Wildman–Crippen LogP) is 1.35. The van der Waals surface area contributed by atoms with Crippen LogP contribution in [0.1, 0.15) is 12.6 Å². The van der Waals surface area contributed by atoms with E-state index in [0.717, 1.165) is 5.69 Å². The fourth-order valence-electron chi connectivity index (χ4n) is 0.776. The average Bonchev–Trinajstić information content (AvgIpc) is 2.15. The lowest BCUT2D eigenvalue weighted by Crippen LogP contribution is -1.93. The maximum absolute atomic E-state index is 10.6. The summed E-state index contributed by atoms with van der Waals surface area (Å²) in [5.41, 5.74) is 6.11. The molecule has 0 saturated heterocycles. The summed E-state index contributed by atoms with van der Waals surface area (Å²) in [5, 5.41) is 7.64. The molecular formula is C9H11N3OS. The highest BCUT2D eigenvalue weighted by atomic mass is 32.2. The summed E-state index contributed by atoms with van der Waals surface area (Å²) in [4.78, 5) is 10.6. The minimum atomic E-state index is 0.109. The Balaban J connectivity index is 2.44. The molecule has 0 aromatic carbocycles. The third-order valence-electron chi connectivity index (χ3n) is 1.38. The first kappa shape index (κ1) is 10.7. The van der Waals surface area contributed by atoms with Crippen LogP contribution in [0.5, 0.6) is 0 Å². The van der Waals surface area contributed by atoms with Crippen molar-refractivity contribution < 1.29 is 4.79 Å². The van der Waals surface area contributed by atoms with Crippen LogP contribution in [-0.2, 0) is 4.79 Å². The van der Waals surface area contributed by atoms with Crippen molar-refractivity contribution in [2.24, 2.45) is 0 Å². The molecule has 0 saturated carbocycles. The molecule has 2 N–H and O–H groups in total. The number of nitrogens with two attached hydrogens (primary N) is 1. The van der Waals surface area contributed by atoms with Gasteiger partial charge in [-0.15, -0.1) is 10.2 Å². The zero-order valence-electron chi connectivity index (χ0n) is 7.80. The third-order valence-corrected chi connectivity index (χ3v) is 2.14. The van der Waals surface area contributed by atoms with Gasteiger partial charge in [-0.25, -0.2) is 0 Å². The first-order valence-corrected chi connectivity index (χ1v) is 5.06. The monoisotopic (exact) mass is 209 g/mol. The second kappa shape index (κ2) is 5.39. The number of anilines is 1. The Bertz CT molecular complexity index is 334. The zero-order chi connectivity index (χ0) is 10.4. The summed E-state index contributed by atoms with van der Waals surface area (Å²) in [6, 6.07) is 3.46. The fourth-order valence-corrected chi connectivity index (χ4v) is 1.20. The van der Waals surface area contributed by atoms with Gasteiger partial charge in [0.25, 0.3) is 0 Å². The van der Waals surface area contributed by atoms with E-state index in [1.165, 1.54) is 11.8 Å². The molecular weight excluding hydrogens is 198 g/mol. The van der Waals surface area contributed by atoms with Crippen LogP contribution in [-0.4, -0.2) is 21.1 Å². The molecule has 1 aromatic heterocycles. The molecule has 14 heavy (non-hydrogen) atoms. The van der Waals surface area contributed by atoms with Crippen LogP contribution in [0.2, 0.25) is 0 Å². The summed E-state index contributed by atoms with van der Waals surface area (Å²) in [5.74, 6) is 1.06. The van der Waals surface area contributed by atoms with Crippen LogP contribution in [0.25, 0.3) is 6.08 Å². The van der Waals surface area contributed by atoms with Gasteiger partial charge in [-0.1, -0.05) is 17.8 Å². The molecule has 0 spiro atoms. The standard InChI is InChI=1S/C9H11N3OS/c1-7(13)14-6-2-3-8-4-5-9(10)12-11-8/h2-5H,6H2,1H3,(H2,10,12). The minimum Gasteiger partial charge on any atom is -0.382 e. The molecule has 5 heteroatoms. The summed E-state index contributed by atoms with van der Waals surface area (Å²) in [6.45, 7) is 1.54. The summed E-state index contributed by atoms with van der Waals surface area (Å²) >= 11 is 1.26. The Morgan fingerprint density at radius 2 is 2.36 bits per heavy atom. The van der Waals surface area contributed by atoms with Crippen LogP contribution < -0.4 is 5.73 Å². The molecule has 0 atom stereocenters. The highest BCUT2D eigenvalue weighted by Gasteiger charge is 1.91. The van der Waals surface area contributed by atoms with E-state index in [-0.39, 0.29) is 5.12 Å². The van der Waals surface area contributed by atoms with E-state index in [2.05, 4.69) is 10.2 Å². The maximum atomic E-state index is 10.6. The second-order valence-electron chi connectivity index (χ2n) is 2.59. The van der Waals surface area contributed by atoms with Crippen molar-refractivity contribution in [2.45, 2.75) is 6.92 Å². The predicted molar refractivity (Wildman–Crippen MR) is 58.6 cm³/mol. The number of carbonyl (C=O) groups excluding carboxylic acids is 1. The molecule has 0 aliphatic carbocycles. The van der Waals surface area contributed by atoms with Crippen molar-refractivity contribution in [3.8, 4) is 0 Å². The quantitative estimate of drug-likeness (QED) is 0.813. The number of nitrogens with zero attached hydrogens (tertiary/aromatic N) is 2. The lowest BCUT2D eigenvalue weighted by atomic mass is 10.3. The number of rotatable bonds is 3. The largest absolute Gasteiger partial charge is 0.382 e. The third kappa shape index (κ3) is 4.04. The van der Waals surface area contributed by atoms with Gasteiger partial charge < -0.3 is 5.73 Å². The number of aromatic nitrogens is 2. The van der Waals surface area contributed by atoms with Gasteiger partial charge in [0.05, 0.1) is 5.69 Å². The van der Waals surface area contributed by atoms with Crippen molar-refractivity contribution in [3.63, 3.8) is 0 Å². The fraction of sp³-hybridized carbons (Fsp3) is 0.222.